The molecule has 1 heterocycles. The van der Waals surface area contributed by atoms with Crippen molar-refractivity contribution in [3.63, 3.8) is 0 Å². The molecular formula is C17H23ClN2O3. The molecule has 2 unspecified atom stereocenters. The minimum absolute atomic E-state index is 0.0137. The number of hydrogen-bond donors (Lipinski definition) is 1. The van der Waals surface area contributed by atoms with E-state index in [0.29, 0.717) is 30.3 Å². The lowest BCUT2D eigenvalue weighted by Gasteiger charge is -2.35. The number of amides is 2. The fraction of sp³-hybridized carbons (Fsp3) is 0.529. The van der Waals surface area contributed by atoms with Crippen LogP contribution in [0.3, 0.4) is 0 Å². The number of carbonyl (C=O) groups is 2. The lowest BCUT2D eigenvalue weighted by molar-refractivity contribution is -0.141. The van der Waals surface area contributed by atoms with Gasteiger partial charge in [0.25, 0.3) is 5.91 Å². The van der Waals surface area contributed by atoms with Crippen molar-refractivity contribution in [2.45, 2.75) is 32.9 Å². The molecule has 0 aliphatic carbocycles. The molecule has 0 bridgehead atoms. The molecule has 1 aromatic carbocycles. The predicted octanol–water partition coefficient (Wildman–Crippen LogP) is 2.34. The summed E-state index contributed by atoms with van der Waals surface area (Å²) in [6.45, 7) is 7.39. The van der Waals surface area contributed by atoms with Crippen LogP contribution in [0.15, 0.2) is 24.3 Å². The Labute approximate surface area is 141 Å². The normalized spacial score (nSPS) is 19.5. The van der Waals surface area contributed by atoms with Crippen molar-refractivity contribution >= 4 is 23.4 Å². The number of morpholine rings is 1. The highest BCUT2D eigenvalue weighted by molar-refractivity contribution is 6.33. The average molecular weight is 339 g/mol. The van der Waals surface area contributed by atoms with E-state index in [2.05, 4.69) is 5.32 Å². The summed E-state index contributed by atoms with van der Waals surface area (Å²) in [4.78, 5) is 27.0. The van der Waals surface area contributed by atoms with Crippen LogP contribution in [0.2, 0.25) is 5.02 Å². The summed E-state index contributed by atoms with van der Waals surface area (Å²) in [5.74, 6) is -0.424. The van der Waals surface area contributed by atoms with Gasteiger partial charge in [-0.1, -0.05) is 37.6 Å². The van der Waals surface area contributed by atoms with E-state index in [0.717, 1.165) is 0 Å². The van der Waals surface area contributed by atoms with Crippen LogP contribution >= 0.6 is 11.6 Å². The van der Waals surface area contributed by atoms with E-state index in [4.69, 9.17) is 16.3 Å². The highest BCUT2D eigenvalue weighted by Gasteiger charge is 2.31. The first kappa shape index (κ1) is 17.8. The van der Waals surface area contributed by atoms with Crippen LogP contribution in [0.25, 0.3) is 0 Å². The van der Waals surface area contributed by atoms with Crippen LogP contribution < -0.4 is 5.32 Å². The average Bonchev–Trinajstić information content (AvgIpc) is 2.52. The molecule has 2 amide bonds. The van der Waals surface area contributed by atoms with E-state index in [9.17, 15) is 9.59 Å². The van der Waals surface area contributed by atoms with Crippen molar-refractivity contribution in [2.75, 3.05) is 19.7 Å². The topological polar surface area (TPSA) is 58.6 Å². The Bertz CT molecular complexity index is 577. The minimum atomic E-state index is -0.580. The second-order valence-electron chi connectivity index (χ2n) is 6.14. The van der Waals surface area contributed by atoms with Gasteiger partial charge in [-0.15, -0.1) is 0 Å². The Kier molecular flexibility index (Phi) is 6.02. The largest absolute Gasteiger partial charge is 0.375 e. The quantitative estimate of drug-likeness (QED) is 0.916. The number of ether oxygens (including phenoxy) is 1. The van der Waals surface area contributed by atoms with E-state index in [1.165, 1.54) is 0 Å². The molecule has 0 radical (unpaired) electrons. The van der Waals surface area contributed by atoms with Crippen LogP contribution in [0.4, 0.5) is 0 Å². The van der Waals surface area contributed by atoms with Gasteiger partial charge in [-0.05, 0) is 25.0 Å². The number of halogens is 1. The summed E-state index contributed by atoms with van der Waals surface area (Å²) < 4.78 is 5.47. The van der Waals surface area contributed by atoms with Crippen molar-refractivity contribution in [3.05, 3.63) is 34.9 Å². The van der Waals surface area contributed by atoms with Crippen LogP contribution in [0, 0.1) is 5.92 Å². The Morgan fingerprint density at radius 3 is 2.65 bits per heavy atom. The first-order valence-electron chi connectivity index (χ1n) is 7.86. The Hall–Kier alpha value is -1.59. The lowest BCUT2D eigenvalue weighted by Crippen LogP contribution is -2.55. The summed E-state index contributed by atoms with van der Waals surface area (Å²) >= 11 is 6.06. The van der Waals surface area contributed by atoms with Gasteiger partial charge in [-0.3, -0.25) is 9.59 Å². The summed E-state index contributed by atoms with van der Waals surface area (Å²) in [5, 5.41) is 3.21. The van der Waals surface area contributed by atoms with Crippen molar-refractivity contribution in [3.8, 4) is 0 Å². The molecule has 1 aromatic rings. The number of nitrogens with one attached hydrogen (secondary N) is 1. The number of benzene rings is 1. The standard InChI is InChI=1S/C17H23ClN2O3/c1-11(2)15(17(22)20-8-9-23-12(3)10-20)19-16(21)13-6-4-5-7-14(13)18/h4-7,11-12,15H,8-10H2,1-3H3,(H,19,21). The van der Waals surface area contributed by atoms with Gasteiger partial charge in [0.05, 0.1) is 23.3 Å². The molecule has 0 spiro atoms. The number of hydrogen-bond acceptors (Lipinski definition) is 3. The highest BCUT2D eigenvalue weighted by Crippen LogP contribution is 2.16. The molecule has 2 rings (SSSR count). The second kappa shape index (κ2) is 7.79. The predicted molar refractivity (Wildman–Crippen MR) is 89.5 cm³/mol. The van der Waals surface area contributed by atoms with Gasteiger partial charge in [0.1, 0.15) is 6.04 Å². The molecule has 1 fully saturated rings. The van der Waals surface area contributed by atoms with E-state index in [1.54, 1.807) is 29.2 Å². The maximum absolute atomic E-state index is 12.8. The zero-order valence-electron chi connectivity index (χ0n) is 13.7. The molecule has 0 aromatic heterocycles. The molecule has 5 nitrogen and oxygen atoms in total. The van der Waals surface area contributed by atoms with E-state index < -0.39 is 6.04 Å². The van der Waals surface area contributed by atoms with Crippen molar-refractivity contribution in [2.24, 2.45) is 5.92 Å². The van der Waals surface area contributed by atoms with E-state index in [-0.39, 0.29) is 23.8 Å². The van der Waals surface area contributed by atoms with Gasteiger partial charge in [0.15, 0.2) is 0 Å². The number of nitrogens with zero attached hydrogens (tertiary/aromatic N) is 1. The molecule has 0 saturated carbocycles. The zero-order valence-corrected chi connectivity index (χ0v) is 14.5. The van der Waals surface area contributed by atoms with Gasteiger partial charge in [-0.25, -0.2) is 0 Å². The van der Waals surface area contributed by atoms with Gasteiger partial charge in [-0.2, -0.15) is 0 Å². The maximum atomic E-state index is 12.8. The molecule has 1 aliphatic heterocycles. The van der Waals surface area contributed by atoms with Crippen LogP contribution in [-0.4, -0.2) is 48.6 Å². The fourth-order valence-corrected chi connectivity index (χ4v) is 2.81. The SMILES string of the molecule is CC1CN(C(=O)C(NC(=O)c2ccccc2Cl)C(C)C)CCO1. The Morgan fingerprint density at radius 2 is 2.04 bits per heavy atom. The van der Waals surface area contributed by atoms with Crippen LogP contribution in [-0.2, 0) is 9.53 Å². The highest BCUT2D eigenvalue weighted by atomic mass is 35.5. The number of carbonyl (C=O) groups excluding carboxylic acids is 2. The molecule has 2 atom stereocenters. The van der Waals surface area contributed by atoms with Crippen LogP contribution in [0.1, 0.15) is 31.1 Å². The minimum Gasteiger partial charge on any atom is -0.375 e. The van der Waals surface area contributed by atoms with Gasteiger partial charge in [0, 0.05) is 13.1 Å². The van der Waals surface area contributed by atoms with Crippen molar-refractivity contribution in [1.29, 1.82) is 0 Å². The molecule has 126 valence electrons. The first-order chi connectivity index (χ1) is 10.9. The lowest BCUT2D eigenvalue weighted by atomic mass is 10.0. The molecular weight excluding hydrogens is 316 g/mol. The van der Waals surface area contributed by atoms with Gasteiger partial charge >= 0.3 is 0 Å². The Morgan fingerprint density at radius 1 is 1.35 bits per heavy atom. The van der Waals surface area contributed by atoms with Crippen LogP contribution in [0.5, 0.6) is 0 Å². The summed E-state index contributed by atoms with van der Waals surface area (Å²) in [7, 11) is 0. The molecule has 1 N–H and O–H groups in total. The summed E-state index contributed by atoms with van der Waals surface area (Å²) in [6.07, 6.45) is 0.0137. The first-order valence-corrected chi connectivity index (χ1v) is 8.23. The zero-order chi connectivity index (χ0) is 17.0. The maximum Gasteiger partial charge on any atom is 0.253 e. The molecule has 6 heteroatoms. The molecule has 1 aliphatic rings. The van der Waals surface area contributed by atoms with E-state index in [1.807, 2.05) is 20.8 Å². The monoisotopic (exact) mass is 338 g/mol. The van der Waals surface area contributed by atoms with Gasteiger partial charge < -0.3 is 15.0 Å². The molecule has 23 heavy (non-hydrogen) atoms. The summed E-state index contributed by atoms with van der Waals surface area (Å²) in [6, 6.07) is 6.24. The van der Waals surface area contributed by atoms with Crippen molar-refractivity contribution in [1.82, 2.24) is 10.2 Å². The third-order valence-corrected chi connectivity index (χ3v) is 4.22. The smallest absolute Gasteiger partial charge is 0.253 e. The van der Waals surface area contributed by atoms with Gasteiger partial charge in [0.2, 0.25) is 5.91 Å². The third-order valence-electron chi connectivity index (χ3n) is 3.89. The third kappa shape index (κ3) is 4.45. The molecule has 1 saturated heterocycles. The Balaban J connectivity index is 2.11. The summed E-state index contributed by atoms with van der Waals surface area (Å²) in [5.41, 5.74) is 0.378. The van der Waals surface area contributed by atoms with Crippen molar-refractivity contribution < 1.29 is 14.3 Å². The van der Waals surface area contributed by atoms with E-state index >= 15 is 0 Å². The number of rotatable bonds is 4. The fourth-order valence-electron chi connectivity index (χ4n) is 2.59. The second-order valence-corrected chi connectivity index (χ2v) is 6.55.